The molecule has 0 saturated carbocycles. The number of nitrogens with zero attached hydrogens (tertiary/aromatic N) is 3. The van der Waals surface area contributed by atoms with Gasteiger partial charge >= 0.3 is 21.1 Å². The topological polar surface area (TPSA) is 38.2 Å². The number of benzene rings is 3. The Morgan fingerprint density at radius 3 is 2.43 bits per heavy atom. The number of ether oxygens (including phenoxy) is 1. The second kappa shape index (κ2) is 10.5. The Morgan fingerprint density at radius 2 is 1.59 bits per heavy atom. The van der Waals surface area contributed by atoms with E-state index in [4.69, 9.17) is 9.72 Å². The molecule has 0 bridgehead atoms. The third-order valence-corrected chi connectivity index (χ3v) is 8.60. The number of hydrogen-bond acceptors (Lipinski definition) is 4. The van der Waals surface area contributed by atoms with E-state index in [1.165, 1.54) is 26.6 Å². The monoisotopic (exact) mass is 680 g/mol. The van der Waals surface area contributed by atoms with Gasteiger partial charge in [0.1, 0.15) is 0 Å². The second-order valence-electron chi connectivity index (χ2n) is 8.96. The zero-order chi connectivity index (χ0) is 24.6. The van der Waals surface area contributed by atoms with Crippen LogP contribution in [0.5, 0.6) is 11.6 Å². The van der Waals surface area contributed by atoms with E-state index in [2.05, 4.69) is 66.5 Å². The van der Waals surface area contributed by atoms with Gasteiger partial charge in [0, 0.05) is 44.0 Å². The van der Waals surface area contributed by atoms with Gasteiger partial charge in [-0.1, -0.05) is 42.3 Å². The van der Waals surface area contributed by atoms with Crippen LogP contribution in [0.4, 0.5) is 5.69 Å². The fourth-order valence-electron chi connectivity index (χ4n) is 4.44. The number of aryl methyl sites for hydroxylation is 1. The largest absolute Gasteiger partial charge is 2.00 e. The van der Waals surface area contributed by atoms with E-state index in [1.54, 1.807) is 6.20 Å². The summed E-state index contributed by atoms with van der Waals surface area (Å²) < 4.78 is 6.07. The molecule has 6 aromatic rings. The molecule has 0 fully saturated rings. The Labute approximate surface area is 232 Å². The maximum atomic E-state index is 6.07. The Morgan fingerprint density at radius 1 is 0.784 bits per heavy atom. The standard InChI is InChI=1S/C31H24N3OP.Pt/c1-21-13-15-33-31(17-21)36-28-10-5-4-9-26(28)27-12-11-23(19-29(27)36)22-7-6-8-25(18-22)35-30-20-24(34(2)3)14-16-32-30;/h4-17,20H,1-3H3;/q-2;+2. The van der Waals surface area contributed by atoms with Gasteiger partial charge in [0.25, 0.3) is 0 Å². The fourth-order valence-corrected chi connectivity index (χ4v) is 7.01. The molecule has 3 aromatic carbocycles. The maximum absolute atomic E-state index is 6.07. The molecule has 0 saturated heterocycles. The first-order chi connectivity index (χ1) is 17.6. The van der Waals surface area contributed by atoms with Crippen LogP contribution in [-0.4, -0.2) is 24.1 Å². The number of fused-ring (bicyclic) bond motifs is 3. The van der Waals surface area contributed by atoms with Crippen LogP contribution in [0.1, 0.15) is 5.56 Å². The number of rotatable bonds is 5. The molecule has 0 aliphatic carbocycles. The fraction of sp³-hybridized carbons (Fsp3) is 0.0968. The molecule has 6 rings (SSSR count). The molecule has 3 aromatic heterocycles. The Balaban J connectivity index is 0.00000280. The first kappa shape index (κ1) is 25.2. The average Bonchev–Trinajstić information content (AvgIpc) is 3.23. The van der Waals surface area contributed by atoms with Gasteiger partial charge < -0.3 is 9.64 Å². The SMILES string of the molecule is Cc1ccnc(-p2c3[c-]c(-c4[c-]c(Oc5cc(N(C)C)ccn5)ccc4)ccc3c3ccccc32)c1.[Pt+2]. The van der Waals surface area contributed by atoms with Gasteiger partial charge in [0.15, 0.2) is 0 Å². The molecule has 4 nitrogen and oxygen atoms in total. The van der Waals surface area contributed by atoms with Crippen molar-refractivity contribution in [3.05, 3.63) is 109 Å². The summed E-state index contributed by atoms with van der Waals surface area (Å²) in [5, 5.41) is 5.06. The van der Waals surface area contributed by atoms with Crippen molar-refractivity contribution in [2.75, 3.05) is 19.0 Å². The molecule has 0 spiro atoms. The summed E-state index contributed by atoms with van der Waals surface area (Å²) in [6.07, 6.45) is 3.66. The zero-order valence-electron chi connectivity index (χ0n) is 20.7. The van der Waals surface area contributed by atoms with E-state index < -0.39 is 7.53 Å². The molecule has 0 N–H and O–H groups in total. The Kier molecular flexibility index (Phi) is 7.15. The predicted octanol–water partition coefficient (Wildman–Crippen LogP) is 8.19. The van der Waals surface area contributed by atoms with Crippen molar-refractivity contribution >= 4 is 34.2 Å². The summed E-state index contributed by atoms with van der Waals surface area (Å²) in [5.74, 6) is 1.16. The quantitative estimate of drug-likeness (QED) is 0.172. The van der Waals surface area contributed by atoms with Gasteiger partial charge in [-0.05, 0) is 41.2 Å². The van der Waals surface area contributed by atoms with Crippen molar-refractivity contribution in [2.45, 2.75) is 6.92 Å². The molecule has 0 aliphatic heterocycles. The molecule has 6 heteroatoms. The molecular formula is C31H24N3OPPt. The second-order valence-corrected chi connectivity index (χ2v) is 11.0. The van der Waals surface area contributed by atoms with E-state index in [9.17, 15) is 0 Å². The van der Waals surface area contributed by atoms with Crippen molar-refractivity contribution in [3.63, 3.8) is 0 Å². The van der Waals surface area contributed by atoms with Gasteiger partial charge in [0.05, 0.1) is 5.44 Å². The van der Waals surface area contributed by atoms with Crippen molar-refractivity contribution in [1.29, 1.82) is 0 Å². The van der Waals surface area contributed by atoms with Crippen molar-refractivity contribution < 1.29 is 25.8 Å². The van der Waals surface area contributed by atoms with E-state index in [0.29, 0.717) is 11.6 Å². The third kappa shape index (κ3) is 4.92. The Hall–Kier alpha value is -3.45. The third-order valence-electron chi connectivity index (χ3n) is 6.22. The molecule has 0 amide bonds. The van der Waals surface area contributed by atoms with Gasteiger partial charge in [-0.25, -0.2) is 16.1 Å². The van der Waals surface area contributed by atoms with Gasteiger partial charge in [-0.3, -0.25) is 4.98 Å². The molecule has 3 heterocycles. The molecule has 184 valence electrons. The molecule has 37 heavy (non-hydrogen) atoms. The van der Waals surface area contributed by atoms with Crippen molar-refractivity contribution in [3.8, 4) is 28.2 Å². The first-order valence-electron chi connectivity index (χ1n) is 11.8. The molecule has 1 atom stereocenters. The van der Waals surface area contributed by atoms with Crippen LogP contribution in [0.3, 0.4) is 0 Å². The summed E-state index contributed by atoms with van der Waals surface area (Å²) in [4.78, 5) is 11.2. The van der Waals surface area contributed by atoms with Crippen LogP contribution in [-0.2, 0) is 21.1 Å². The summed E-state index contributed by atoms with van der Waals surface area (Å²) >= 11 is 0. The van der Waals surface area contributed by atoms with Gasteiger partial charge in [-0.15, -0.1) is 18.2 Å². The molecule has 0 aliphatic rings. The van der Waals surface area contributed by atoms with Crippen LogP contribution in [0.2, 0.25) is 0 Å². The summed E-state index contributed by atoms with van der Waals surface area (Å²) in [6, 6.07) is 34.2. The predicted molar refractivity (Wildman–Crippen MR) is 150 cm³/mol. The number of aromatic nitrogens is 2. The zero-order valence-corrected chi connectivity index (χ0v) is 23.8. The smallest absolute Gasteiger partial charge is 0.460 e. The molecule has 0 radical (unpaired) electrons. The minimum atomic E-state index is -0.779. The normalized spacial score (nSPS) is 11.4. The van der Waals surface area contributed by atoms with Gasteiger partial charge in [-0.2, -0.15) is 24.3 Å². The molecular weight excluding hydrogens is 656 g/mol. The Bertz CT molecular complexity index is 1730. The molecule has 1 unspecified atom stereocenters. The summed E-state index contributed by atoms with van der Waals surface area (Å²) in [7, 11) is 3.21. The first-order valence-corrected chi connectivity index (χ1v) is 13.1. The summed E-state index contributed by atoms with van der Waals surface area (Å²) in [6.45, 7) is 2.12. The van der Waals surface area contributed by atoms with Crippen LogP contribution >= 0.6 is 7.53 Å². The minimum absolute atomic E-state index is 0. The number of pyridine rings is 2. The maximum Gasteiger partial charge on any atom is 2.00 e. The van der Waals surface area contributed by atoms with Crippen LogP contribution in [0.25, 0.3) is 37.6 Å². The average molecular weight is 681 g/mol. The van der Waals surface area contributed by atoms with Crippen LogP contribution in [0, 0.1) is 19.1 Å². The number of anilines is 1. The van der Waals surface area contributed by atoms with Crippen LogP contribution in [0.15, 0.2) is 91.3 Å². The number of hydrogen-bond donors (Lipinski definition) is 0. The van der Waals surface area contributed by atoms with E-state index in [-0.39, 0.29) is 21.1 Å². The van der Waals surface area contributed by atoms with Crippen molar-refractivity contribution in [2.24, 2.45) is 0 Å². The minimum Gasteiger partial charge on any atom is -0.460 e. The van der Waals surface area contributed by atoms with Crippen molar-refractivity contribution in [1.82, 2.24) is 9.97 Å². The van der Waals surface area contributed by atoms with E-state index >= 15 is 0 Å². The van der Waals surface area contributed by atoms with E-state index in [1.807, 2.05) is 61.6 Å². The van der Waals surface area contributed by atoms with Gasteiger partial charge in [0.2, 0.25) is 5.88 Å². The van der Waals surface area contributed by atoms with E-state index in [0.717, 1.165) is 22.2 Å². The van der Waals surface area contributed by atoms with Crippen LogP contribution < -0.4 is 9.64 Å². The summed E-state index contributed by atoms with van der Waals surface area (Å²) in [5.41, 5.74) is 5.28.